The highest BCUT2D eigenvalue weighted by Crippen LogP contribution is 2.08. The van der Waals surface area contributed by atoms with Crippen LogP contribution in [-0.4, -0.2) is 52.2 Å². The molecule has 0 aliphatic heterocycles. The molecular weight excluding hydrogens is 284 g/mol. The highest BCUT2D eigenvalue weighted by molar-refractivity contribution is 5.89. The number of aliphatic hydroxyl groups is 2. The summed E-state index contributed by atoms with van der Waals surface area (Å²) in [5.41, 5.74) is 4.93. The van der Waals surface area contributed by atoms with Gasteiger partial charge >= 0.3 is 0 Å². The van der Waals surface area contributed by atoms with Gasteiger partial charge in [-0.2, -0.15) is 0 Å². The third-order valence-electron chi connectivity index (χ3n) is 3.72. The molecule has 0 fully saturated rings. The van der Waals surface area contributed by atoms with Gasteiger partial charge in [-0.25, -0.2) is 0 Å². The summed E-state index contributed by atoms with van der Waals surface area (Å²) >= 11 is 0. The Morgan fingerprint density at radius 3 is 1.68 bits per heavy atom. The van der Waals surface area contributed by atoms with Crippen LogP contribution in [0.2, 0.25) is 0 Å². The maximum atomic E-state index is 12.2. The van der Waals surface area contributed by atoms with Crippen molar-refractivity contribution in [2.45, 2.75) is 77.4 Å². The Morgan fingerprint density at radius 1 is 0.864 bits per heavy atom. The van der Waals surface area contributed by atoms with Crippen molar-refractivity contribution in [1.82, 2.24) is 4.90 Å². The number of carbonyl (C=O) groups excluding carboxylic acids is 2. The van der Waals surface area contributed by atoms with Crippen LogP contribution >= 0.6 is 0 Å². The zero-order valence-corrected chi connectivity index (χ0v) is 14.0. The molecule has 2 amide bonds. The van der Waals surface area contributed by atoms with Crippen molar-refractivity contribution in [3.63, 3.8) is 0 Å². The lowest BCUT2D eigenvalue weighted by Crippen LogP contribution is -2.50. The van der Waals surface area contributed by atoms with E-state index in [1.165, 1.54) is 0 Å². The number of carbonyl (C=O) groups is 2. The largest absolute Gasteiger partial charge is 0.380 e. The fraction of sp³-hybridized carbons (Fsp3) is 0.875. The lowest BCUT2D eigenvalue weighted by molar-refractivity contribution is -0.152. The van der Waals surface area contributed by atoms with Gasteiger partial charge in [0.05, 0.1) is 0 Å². The topological polar surface area (TPSA) is 104 Å². The van der Waals surface area contributed by atoms with Crippen LogP contribution in [0.4, 0.5) is 0 Å². The number of primary amides is 1. The minimum absolute atomic E-state index is 0.535. The molecule has 2 atom stereocenters. The van der Waals surface area contributed by atoms with Crippen molar-refractivity contribution in [2.75, 3.05) is 13.1 Å². The summed E-state index contributed by atoms with van der Waals surface area (Å²) in [6.07, 6.45) is 4.54. The van der Waals surface area contributed by atoms with Crippen molar-refractivity contribution in [2.24, 2.45) is 5.73 Å². The van der Waals surface area contributed by atoms with Crippen molar-refractivity contribution >= 4 is 11.8 Å². The number of nitrogens with zero attached hydrogens (tertiary/aromatic N) is 1. The molecule has 0 bridgehead atoms. The van der Waals surface area contributed by atoms with E-state index in [9.17, 15) is 19.8 Å². The van der Waals surface area contributed by atoms with Crippen LogP contribution in [0.25, 0.3) is 0 Å². The first-order valence-corrected chi connectivity index (χ1v) is 8.39. The highest BCUT2D eigenvalue weighted by atomic mass is 16.3. The molecule has 0 aromatic carbocycles. The Labute approximate surface area is 133 Å². The van der Waals surface area contributed by atoms with Gasteiger partial charge in [-0.1, -0.05) is 52.4 Å². The average molecular weight is 316 g/mol. The Hall–Kier alpha value is -1.14. The summed E-state index contributed by atoms with van der Waals surface area (Å²) in [7, 11) is 0. The second-order valence-electron chi connectivity index (χ2n) is 5.74. The first kappa shape index (κ1) is 20.9. The van der Waals surface area contributed by atoms with Crippen LogP contribution in [0.1, 0.15) is 65.2 Å². The summed E-state index contributed by atoms with van der Waals surface area (Å²) in [4.78, 5) is 24.7. The fourth-order valence-corrected chi connectivity index (χ4v) is 2.27. The van der Waals surface area contributed by atoms with E-state index in [0.717, 1.165) is 51.4 Å². The smallest absolute Gasteiger partial charge is 0.254 e. The summed E-state index contributed by atoms with van der Waals surface area (Å²) < 4.78 is 0. The summed E-state index contributed by atoms with van der Waals surface area (Å²) in [6.45, 7) is 5.29. The van der Waals surface area contributed by atoms with E-state index in [0.29, 0.717) is 13.1 Å². The Morgan fingerprint density at radius 2 is 1.32 bits per heavy atom. The number of rotatable bonds is 13. The molecule has 130 valence electrons. The quantitative estimate of drug-likeness (QED) is 0.444. The zero-order chi connectivity index (χ0) is 17.0. The third kappa shape index (κ3) is 8.34. The molecule has 0 radical (unpaired) electrons. The van der Waals surface area contributed by atoms with Gasteiger partial charge in [0.1, 0.15) is 0 Å². The van der Waals surface area contributed by atoms with E-state index in [4.69, 9.17) is 5.73 Å². The molecule has 2 unspecified atom stereocenters. The van der Waals surface area contributed by atoms with E-state index in [1.54, 1.807) is 4.90 Å². The van der Waals surface area contributed by atoms with Crippen LogP contribution in [0.3, 0.4) is 0 Å². The van der Waals surface area contributed by atoms with Crippen LogP contribution in [0.15, 0.2) is 0 Å². The normalized spacial score (nSPS) is 13.6. The van der Waals surface area contributed by atoms with Gasteiger partial charge in [-0.3, -0.25) is 9.59 Å². The van der Waals surface area contributed by atoms with Crippen molar-refractivity contribution in [3.8, 4) is 0 Å². The minimum atomic E-state index is -1.85. The molecule has 22 heavy (non-hydrogen) atoms. The van der Waals surface area contributed by atoms with Gasteiger partial charge in [-0.15, -0.1) is 0 Å². The van der Waals surface area contributed by atoms with Gasteiger partial charge in [-0.05, 0) is 12.8 Å². The molecule has 0 aliphatic carbocycles. The maximum Gasteiger partial charge on any atom is 0.254 e. The third-order valence-corrected chi connectivity index (χ3v) is 3.72. The summed E-state index contributed by atoms with van der Waals surface area (Å²) in [5, 5.41) is 19.3. The molecule has 6 heteroatoms. The monoisotopic (exact) mass is 316 g/mol. The predicted octanol–water partition coefficient (Wildman–Crippen LogP) is 1.18. The van der Waals surface area contributed by atoms with Crippen LogP contribution in [-0.2, 0) is 9.59 Å². The number of hydrogen-bond acceptors (Lipinski definition) is 4. The average Bonchev–Trinajstić information content (AvgIpc) is 2.51. The zero-order valence-electron chi connectivity index (χ0n) is 14.0. The van der Waals surface area contributed by atoms with Gasteiger partial charge in [0, 0.05) is 13.1 Å². The van der Waals surface area contributed by atoms with Crippen LogP contribution in [0, 0.1) is 0 Å². The Bertz CT molecular complexity index is 311. The Kier molecular flexibility index (Phi) is 11.8. The van der Waals surface area contributed by atoms with Gasteiger partial charge < -0.3 is 20.8 Å². The van der Waals surface area contributed by atoms with E-state index >= 15 is 0 Å². The lowest BCUT2D eigenvalue weighted by atomic mass is 10.1. The van der Waals surface area contributed by atoms with Gasteiger partial charge in [0.25, 0.3) is 5.91 Å². The van der Waals surface area contributed by atoms with Crippen molar-refractivity contribution < 1.29 is 19.8 Å². The molecule has 0 aromatic heterocycles. The molecule has 4 N–H and O–H groups in total. The predicted molar refractivity (Wildman–Crippen MR) is 86.1 cm³/mol. The second kappa shape index (κ2) is 12.4. The van der Waals surface area contributed by atoms with Crippen molar-refractivity contribution in [3.05, 3.63) is 0 Å². The molecule has 0 rings (SSSR count). The number of hydrogen-bond donors (Lipinski definition) is 3. The molecule has 0 saturated heterocycles. The number of amides is 2. The minimum Gasteiger partial charge on any atom is -0.380 e. The van der Waals surface area contributed by atoms with Crippen LogP contribution < -0.4 is 5.73 Å². The first-order chi connectivity index (χ1) is 10.5. The molecule has 0 aliphatic rings. The summed E-state index contributed by atoms with van der Waals surface area (Å²) in [5.74, 6) is -1.70. The Balaban J connectivity index is 4.51. The summed E-state index contributed by atoms with van der Waals surface area (Å²) in [6, 6.07) is 0. The first-order valence-electron chi connectivity index (χ1n) is 8.39. The van der Waals surface area contributed by atoms with Crippen LogP contribution in [0.5, 0.6) is 0 Å². The maximum absolute atomic E-state index is 12.2. The van der Waals surface area contributed by atoms with Gasteiger partial charge in [0.2, 0.25) is 5.91 Å². The van der Waals surface area contributed by atoms with Crippen molar-refractivity contribution in [1.29, 1.82) is 0 Å². The van der Waals surface area contributed by atoms with E-state index in [-0.39, 0.29) is 0 Å². The molecule has 6 nitrogen and oxygen atoms in total. The number of nitrogens with two attached hydrogens (primary N) is 1. The van der Waals surface area contributed by atoms with Gasteiger partial charge in [0.15, 0.2) is 12.2 Å². The number of unbranched alkanes of at least 4 members (excludes halogenated alkanes) is 6. The molecule has 0 aromatic rings. The van der Waals surface area contributed by atoms with E-state index in [2.05, 4.69) is 13.8 Å². The standard InChI is InChI=1S/C16H32N2O4/c1-3-5-7-9-11-18(12-10-8-6-4-2)16(22)14(20)13(19)15(17)21/h13-14,19-20H,3-12H2,1-2H3,(H2,17,21). The SMILES string of the molecule is CCCCCCN(CCCCCC)C(=O)C(O)C(O)C(N)=O. The highest BCUT2D eigenvalue weighted by Gasteiger charge is 2.31. The van der Waals surface area contributed by atoms with E-state index in [1.807, 2.05) is 0 Å². The molecular formula is C16H32N2O4. The molecule has 0 saturated carbocycles. The number of aliphatic hydroxyl groups excluding tert-OH is 2. The van der Waals surface area contributed by atoms with E-state index < -0.39 is 24.0 Å². The lowest BCUT2D eigenvalue weighted by Gasteiger charge is -2.26. The molecule has 0 spiro atoms. The fourth-order valence-electron chi connectivity index (χ4n) is 2.27. The molecule has 0 heterocycles. The second-order valence-corrected chi connectivity index (χ2v) is 5.74.